The highest BCUT2D eigenvalue weighted by Gasteiger charge is 2.23. The molecular weight excluding hydrogens is 669 g/mol. The first-order valence-corrected chi connectivity index (χ1v) is 16.6. The van der Waals surface area contributed by atoms with E-state index in [4.69, 9.17) is 4.74 Å². The molecular formula is C39H32N4O7S. The highest BCUT2D eigenvalue weighted by Crippen LogP contribution is 2.37. The SMILES string of the molecule is CCOC(=O)c1ccc(NC(=O)C(Sc2cccc(NC(=O)/C(=C\c3ccc([N+](=O)[O-])cc3)NC(=O)c3ccccc3)c2)c2ccccc2)cc1. The molecule has 1 unspecified atom stereocenters. The van der Waals surface area contributed by atoms with E-state index in [9.17, 15) is 29.3 Å². The summed E-state index contributed by atoms with van der Waals surface area (Å²) in [5.74, 6) is -1.91. The maximum absolute atomic E-state index is 13.7. The van der Waals surface area contributed by atoms with Crippen LogP contribution in [0.1, 0.15) is 44.0 Å². The Kier molecular flexibility index (Phi) is 12.1. The molecule has 5 aromatic carbocycles. The molecule has 0 saturated heterocycles. The van der Waals surface area contributed by atoms with Crippen LogP contribution in [0.3, 0.4) is 0 Å². The van der Waals surface area contributed by atoms with E-state index in [0.29, 0.717) is 33.0 Å². The van der Waals surface area contributed by atoms with Crippen LogP contribution in [0.4, 0.5) is 17.1 Å². The van der Waals surface area contributed by atoms with E-state index in [0.717, 1.165) is 5.56 Å². The van der Waals surface area contributed by atoms with Crippen LogP contribution >= 0.6 is 11.8 Å². The van der Waals surface area contributed by atoms with E-state index in [1.54, 1.807) is 79.7 Å². The largest absolute Gasteiger partial charge is 0.462 e. The predicted molar refractivity (Wildman–Crippen MR) is 196 cm³/mol. The second-order valence-corrected chi connectivity index (χ2v) is 12.1. The molecule has 0 aliphatic rings. The van der Waals surface area contributed by atoms with Crippen LogP contribution in [0.5, 0.6) is 0 Å². The number of hydrogen-bond donors (Lipinski definition) is 3. The number of carbonyl (C=O) groups is 4. The Morgan fingerprint density at radius 1 is 0.765 bits per heavy atom. The maximum Gasteiger partial charge on any atom is 0.338 e. The van der Waals surface area contributed by atoms with E-state index in [-0.39, 0.29) is 23.9 Å². The zero-order valence-electron chi connectivity index (χ0n) is 27.3. The normalized spacial score (nSPS) is 11.5. The van der Waals surface area contributed by atoms with Crippen molar-refractivity contribution in [3.8, 4) is 0 Å². The van der Waals surface area contributed by atoms with Crippen molar-refractivity contribution in [1.82, 2.24) is 5.32 Å². The van der Waals surface area contributed by atoms with Gasteiger partial charge in [0.1, 0.15) is 10.9 Å². The van der Waals surface area contributed by atoms with Crippen molar-refractivity contribution in [2.75, 3.05) is 17.2 Å². The van der Waals surface area contributed by atoms with Crippen molar-refractivity contribution < 1.29 is 28.8 Å². The number of nitrogens with zero attached hydrogens (tertiary/aromatic N) is 1. The molecule has 0 aliphatic carbocycles. The molecule has 3 N–H and O–H groups in total. The standard InChI is InChI=1S/C39H32N4O7S/c1-2-50-39(47)29-18-20-30(21-19-29)40-38(46)35(27-10-5-3-6-11-27)51-33-15-9-14-31(25-33)41-37(45)34(42-36(44)28-12-7-4-8-13-28)24-26-16-22-32(23-17-26)43(48)49/h3-25,35H,2H2,1H3,(H,40,46)(H,41,45)(H,42,44)/b34-24+. The number of ether oxygens (including phenoxy) is 1. The summed E-state index contributed by atoms with van der Waals surface area (Å²) in [5.41, 5.74) is 2.59. The van der Waals surface area contributed by atoms with Gasteiger partial charge < -0.3 is 20.7 Å². The van der Waals surface area contributed by atoms with Crippen molar-refractivity contribution in [2.45, 2.75) is 17.1 Å². The molecule has 0 bridgehead atoms. The highest BCUT2D eigenvalue weighted by molar-refractivity contribution is 8.00. The third-order valence-electron chi connectivity index (χ3n) is 7.29. The molecule has 5 rings (SSSR count). The molecule has 11 nitrogen and oxygen atoms in total. The number of amides is 3. The van der Waals surface area contributed by atoms with Gasteiger partial charge in [-0.3, -0.25) is 24.5 Å². The van der Waals surface area contributed by atoms with E-state index in [1.165, 1.54) is 42.1 Å². The van der Waals surface area contributed by atoms with Crippen molar-refractivity contribution in [3.05, 3.63) is 172 Å². The summed E-state index contributed by atoms with van der Waals surface area (Å²) < 4.78 is 5.03. The minimum atomic E-state index is -0.690. The Labute approximate surface area is 297 Å². The van der Waals surface area contributed by atoms with Crippen LogP contribution in [0.2, 0.25) is 0 Å². The number of carbonyl (C=O) groups excluding carboxylic acids is 4. The summed E-state index contributed by atoms with van der Waals surface area (Å²) in [7, 11) is 0. The second-order valence-electron chi connectivity index (χ2n) is 10.9. The van der Waals surface area contributed by atoms with E-state index < -0.39 is 28.0 Å². The molecule has 12 heteroatoms. The molecule has 0 spiro atoms. The number of non-ortho nitro benzene ring substituents is 1. The zero-order chi connectivity index (χ0) is 36.2. The molecule has 0 radical (unpaired) electrons. The quantitative estimate of drug-likeness (QED) is 0.0372. The van der Waals surface area contributed by atoms with Gasteiger partial charge in [-0.1, -0.05) is 54.6 Å². The number of hydrogen-bond acceptors (Lipinski definition) is 8. The topological polar surface area (TPSA) is 157 Å². The molecule has 256 valence electrons. The van der Waals surface area contributed by atoms with Gasteiger partial charge in [0.25, 0.3) is 17.5 Å². The third-order valence-corrected chi connectivity index (χ3v) is 8.54. The van der Waals surface area contributed by atoms with Gasteiger partial charge in [-0.2, -0.15) is 0 Å². The molecule has 5 aromatic rings. The number of nitro groups is 1. The summed E-state index contributed by atoms with van der Waals surface area (Å²) in [6.45, 7) is 1.98. The lowest BCUT2D eigenvalue weighted by molar-refractivity contribution is -0.384. The molecule has 0 aromatic heterocycles. The minimum absolute atomic E-state index is 0.0914. The lowest BCUT2D eigenvalue weighted by Gasteiger charge is -2.18. The summed E-state index contributed by atoms with van der Waals surface area (Å²) in [5, 5.41) is 18.8. The Balaban J connectivity index is 1.36. The fraction of sp³-hybridized carbons (Fsp3) is 0.0769. The van der Waals surface area contributed by atoms with Crippen LogP contribution in [-0.4, -0.2) is 35.2 Å². The fourth-order valence-corrected chi connectivity index (χ4v) is 5.88. The monoisotopic (exact) mass is 700 g/mol. The number of thioether (sulfide) groups is 1. The number of nitrogens with one attached hydrogen (secondary N) is 3. The Bertz CT molecular complexity index is 2050. The summed E-state index contributed by atoms with van der Waals surface area (Å²) in [4.78, 5) is 63.6. The van der Waals surface area contributed by atoms with E-state index in [1.807, 2.05) is 36.4 Å². The van der Waals surface area contributed by atoms with Gasteiger partial charge in [0.15, 0.2) is 0 Å². The van der Waals surface area contributed by atoms with Gasteiger partial charge in [-0.15, -0.1) is 11.8 Å². The van der Waals surface area contributed by atoms with E-state index >= 15 is 0 Å². The van der Waals surface area contributed by atoms with Crippen LogP contribution in [0.15, 0.2) is 144 Å². The lowest BCUT2D eigenvalue weighted by Crippen LogP contribution is -2.30. The van der Waals surface area contributed by atoms with E-state index in [2.05, 4.69) is 16.0 Å². The first-order valence-electron chi connectivity index (χ1n) is 15.7. The van der Waals surface area contributed by atoms with Gasteiger partial charge in [-0.25, -0.2) is 4.79 Å². The molecule has 0 aliphatic heterocycles. The van der Waals surface area contributed by atoms with Gasteiger partial charge in [0.2, 0.25) is 5.91 Å². The first-order chi connectivity index (χ1) is 24.7. The predicted octanol–water partition coefficient (Wildman–Crippen LogP) is 7.65. The van der Waals surface area contributed by atoms with Gasteiger partial charge in [0.05, 0.1) is 17.1 Å². The lowest BCUT2D eigenvalue weighted by atomic mass is 10.1. The smallest absolute Gasteiger partial charge is 0.338 e. The fourth-order valence-electron chi connectivity index (χ4n) is 4.80. The highest BCUT2D eigenvalue weighted by atomic mass is 32.2. The summed E-state index contributed by atoms with van der Waals surface area (Å²) in [6.07, 6.45) is 1.42. The summed E-state index contributed by atoms with van der Waals surface area (Å²) in [6, 6.07) is 36.5. The number of anilines is 2. The number of benzene rings is 5. The number of esters is 1. The average Bonchev–Trinajstić information content (AvgIpc) is 3.15. The van der Waals surface area contributed by atoms with Crippen molar-refractivity contribution in [3.63, 3.8) is 0 Å². The molecule has 51 heavy (non-hydrogen) atoms. The van der Waals surface area contributed by atoms with Gasteiger partial charge in [-0.05, 0) is 90.9 Å². The molecule has 0 fully saturated rings. The molecule has 0 heterocycles. The molecule has 3 amide bonds. The van der Waals surface area contributed by atoms with Gasteiger partial charge >= 0.3 is 5.97 Å². The Hall–Kier alpha value is -6.53. The van der Waals surface area contributed by atoms with Crippen LogP contribution in [0.25, 0.3) is 6.08 Å². The zero-order valence-corrected chi connectivity index (χ0v) is 28.1. The number of rotatable bonds is 13. The average molecular weight is 701 g/mol. The Morgan fingerprint density at radius 2 is 1.43 bits per heavy atom. The Morgan fingerprint density at radius 3 is 2.08 bits per heavy atom. The van der Waals surface area contributed by atoms with Crippen LogP contribution in [0, 0.1) is 10.1 Å². The maximum atomic E-state index is 13.7. The molecule has 1 atom stereocenters. The third kappa shape index (κ3) is 10.00. The van der Waals surface area contributed by atoms with Crippen molar-refractivity contribution >= 4 is 58.6 Å². The van der Waals surface area contributed by atoms with Gasteiger partial charge in [0, 0.05) is 34.0 Å². The van der Waals surface area contributed by atoms with Crippen molar-refractivity contribution in [2.24, 2.45) is 0 Å². The number of nitro benzene ring substituents is 1. The van der Waals surface area contributed by atoms with Crippen molar-refractivity contribution in [1.29, 1.82) is 0 Å². The van der Waals surface area contributed by atoms with Crippen LogP contribution in [-0.2, 0) is 14.3 Å². The van der Waals surface area contributed by atoms with Crippen LogP contribution < -0.4 is 16.0 Å². The minimum Gasteiger partial charge on any atom is -0.462 e. The first kappa shape index (κ1) is 35.8. The summed E-state index contributed by atoms with van der Waals surface area (Å²) >= 11 is 1.27. The second kappa shape index (κ2) is 17.2. The molecule has 0 saturated carbocycles.